The molecular formula is C12H14N2O. The van der Waals surface area contributed by atoms with Gasteiger partial charge in [0.15, 0.2) is 0 Å². The number of hydrogen-bond donors (Lipinski definition) is 1. The van der Waals surface area contributed by atoms with Gasteiger partial charge in [-0.3, -0.25) is 4.98 Å². The minimum Gasteiger partial charge on any atom is -0.304 e. The van der Waals surface area contributed by atoms with Crippen molar-refractivity contribution in [3.05, 3.63) is 41.7 Å². The molecule has 1 heterocycles. The Morgan fingerprint density at radius 2 is 2.13 bits per heavy atom. The zero-order valence-electron chi connectivity index (χ0n) is 8.73. The Morgan fingerprint density at radius 3 is 2.93 bits per heavy atom. The Bertz CT molecular complexity index is 468. The summed E-state index contributed by atoms with van der Waals surface area (Å²) < 4.78 is 0. The smallest absolute Gasteiger partial charge is 0.0719 e. The third kappa shape index (κ3) is 2.32. The maximum Gasteiger partial charge on any atom is 0.0719 e. The average Bonchev–Trinajstić information content (AvgIpc) is 2.26. The fourth-order valence-corrected chi connectivity index (χ4v) is 1.63. The van der Waals surface area contributed by atoms with Crippen LogP contribution in [0.5, 0.6) is 0 Å². The molecule has 0 radical (unpaired) electrons. The molecule has 0 amide bonds. The van der Waals surface area contributed by atoms with Gasteiger partial charge < -0.3 is 4.84 Å². The largest absolute Gasteiger partial charge is 0.304 e. The molecule has 0 aliphatic heterocycles. The van der Waals surface area contributed by atoms with Crippen LogP contribution >= 0.6 is 0 Å². The number of nitrogens with zero attached hydrogens (tertiary/aromatic N) is 1. The molecule has 0 unspecified atom stereocenters. The van der Waals surface area contributed by atoms with Crippen molar-refractivity contribution in [3.8, 4) is 0 Å². The van der Waals surface area contributed by atoms with Crippen LogP contribution in [-0.4, -0.2) is 11.6 Å². The topological polar surface area (TPSA) is 48.1 Å². The van der Waals surface area contributed by atoms with Crippen molar-refractivity contribution in [2.45, 2.75) is 13.3 Å². The van der Waals surface area contributed by atoms with Crippen LogP contribution in [0, 0.1) is 6.92 Å². The highest BCUT2D eigenvalue weighted by atomic mass is 16.6. The molecule has 0 aliphatic carbocycles. The van der Waals surface area contributed by atoms with Gasteiger partial charge in [-0.25, -0.2) is 5.90 Å². The van der Waals surface area contributed by atoms with Gasteiger partial charge in [0.05, 0.1) is 6.61 Å². The molecule has 0 atom stereocenters. The molecule has 3 nitrogen and oxygen atoms in total. The van der Waals surface area contributed by atoms with Crippen LogP contribution < -0.4 is 5.90 Å². The lowest BCUT2D eigenvalue weighted by atomic mass is 10.1. The molecular weight excluding hydrogens is 188 g/mol. The normalized spacial score (nSPS) is 10.8. The molecule has 2 rings (SSSR count). The Morgan fingerprint density at radius 1 is 1.27 bits per heavy atom. The number of aryl methyl sites for hydroxylation is 1. The SMILES string of the molecule is Cc1cc2ccc(CCON)cc2cn1. The van der Waals surface area contributed by atoms with E-state index in [4.69, 9.17) is 5.90 Å². The number of pyridine rings is 1. The quantitative estimate of drug-likeness (QED) is 0.774. The van der Waals surface area contributed by atoms with Gasteiger partial charge in [-0.2, -0.15) is 0 Å². The summed E-state index contributed by atoms with van der Waals surface area (Å²) in [5.41, 5.74) is 2.26. The monoisotopic (exact) mass is 202 g/mol. The fraction of sp³-hybridized carbons (Fsp3) is 0.250. The van der Waals surface area contributed by atoms with Gasteiger partial charge >= 0.3 is 0 Å². The van der Waals surface area contributed by atoms with E-state index in [1.54, 1.807) is 0 Å². The number of nitrogens with two attached hydrogens (primary N) is 1. The first-order valence-electron chi connectivity index (χ1n) is 4.96. The second-order valence-corrected chi connectivity index (χ2v) is 3.63. The molecule has 0 bridgehead atoms. The molecule has 3 heteroatoms. The van der Waals surface area contributed by atoms with E-state index in [9.17, 15) is 0 Å². The van der Waals surface area contributed by atoms with E-state index >= 15 is 0 Å². The highest BCUT2D eigenvalue weighted by Crippen LogP contribution is 2.16. The standard InChI is InChI=1S/C12H14N2O/c1-9-6-11-3-2-10(4-5-15-13)7-12(11)8-14-9/h2-3,6-8H,4-5,13H2,1H3. The molecule has 0 spiro atoms. The molecule has 0 aliphatic rings. The first kappa shape index (κ1) is 10.1. The number of rotatable bonds is 3. The fourth-order valence-electron chi connectivity index (χ4n) is 1.63. The zero-order valence-corrected chi connectivity index (χ0v) is 8.73. The Labute approximate surface area is 88.8 Å². The summed E-state index contributed by atoms with van der Waals surface area (Å²) in [6.45, 7) is 2.54. The zero-order chi connectivity index (χ0) is 10.7. The molecule has 0 fully saturated rings. The van der Waals surface area contributed by atoms with Gasteiger partial charge in [-0.1, -0.05) is 12.1 Å². The van der Waals surface area contributed by atoms with E-state index in [0.717, 1.165) is 17.5 Å². The molecule has 1 aromatic heterocycles. The van der Waals surface area contributed by atoms with E-state index in [-0.39, 0.29) is 0 Å². The van der Waals surface area contributed by atoms with Crippen LogP contribution in [0.25, 0.3) is 10.8 Å². The third-order valence-electron chi connectivity index (χ3n) is 2.43. The van der Waals surface area contributed by atoms with Crippen LogP contribution in [-0.2, 0) is 11.3 Å². The lowest BCUT2D eigenvalue weighted by Crippen LogP contribution is -2.03. The highest BCUT2D eigenvalue weighted by molar-refractivity contribution is 5.82. The minimum absolute atomic E-state index is 0.546. The van der Waals surface area contributed by atoms with Gasteiger partial charge in [0.1, 0.15) is 0 Å². The second-order valence-electron chi connectivity index (χ2n) is 3.63. The Hall–Kier alpha value is -1.45. The van der Waals surface area contributed by atoms with E-state index in [2.05, 4.69) is 34.1 Å². The molecule has 2 aromatic rings. The van der Waals surface area contributed by atoms with Gasteiger partial charge in [0, 0.05) is 17.3 Å². The van der Waals surface area contributed by atoms with Crippen molar-refractivity contribution in [3.63, 3.8) is 0 Å². The predicted molar refractivity (Wildman–Crippen MR) is 60.3 cm³/mol. The number of aromatic nitrogens is 1. The van der Waals surface area contributed by atoms with Gasteiger partial charge in [-0.15, -0.1) is 0 Å². The van der Waals surface area contributed by atoms with Gasteiger partial charge in [-0.05, 0) is 36.4 Å². The lowest BCUT2D eigenvalue weighted by Gasteiger charge is -2.03. The van der Waals surface area contributed by atoms with Crippen LogP contribution in [0.3, 0.4) is 0 Å². The van der Waals surface area contributed by atoms with E-state index in [1.165, 1.54) is 10.9 Å². The van der Waals surface area contributed by atoms with E-state index < -0.39 is 0 Å². The average molecular weight is 202 g/mol. The van der Waals surface area contributed by atoms with E-state index in [1.807, 2.05) is 13.1 Å². The summed E-state index contributed by atoms with van der Waals surface area (Å²) in [6, 6.07) is 8.41. The molecule has 2 N–H and O–H groups in total. The van der Waals surface area contributed by atoms with Crippen LogP contribution in [0.15, 0.2) is 30.5 Å². The summed E-state index contributed by atoms with van der Waals surface area (Å²) in [4.78, 5) is 8.83. The van der Waals surface area contributed by atoms with Crippen LogP contribution in [0.4, 0.5) is 0 Å². The highest BCUT2D eigenvalue weighted by Gasteiger charge is 1.97. The summed E-state index contributed by atoms with van der Waals surface area (Å²) in [7, 11) is 0. The lowest BCUT2D eigenvalue weighted by molar-refractivity contribution is 0.141. The summed E-state index contributed by atoms with van der Waals surface area (Å²) in [5, 5.41) is 2.38. The van der Waals surface area contributed by atoms with Crippen molar-refractivity contribution in [1.82, 2.24) is 4.98 Å². The number of fused-ring (bicyclic) bond motifs is 1. The summed E-state index contributed by atoms with van der Waals surface area (Å²) >= 11 is 0. The van der Waals surface area contributed by atoms with E-state index in [0.29, 0.717) is 6.61 Å². The minimum atomic E-state index is 0.546. The van der Waals surface area contributed by atoms with Gasteiger partial charge in [0.25, 0.3) is 0 Å². The van der Waals surface area contributed by atoms with Crippen molar-refractivity contribution in [2.24, 2.45) is 5.90 Å². The van der Waals surface area contributed by atoms with Crippen molar-refractivity contribution < 1.29 is 4.84 Å². The molecule has 15 heavy (non-hydrogen) atoms. The summed E-state index contributed by atoms with van der Waals surface area (Å²) in [6.07, 6.45) is 2.73. The molecule has 0 saturated carbocycles. The van der Waals surface area contributed by atoms with Crippen LogP contribution in [0.2, 0.25) is 0 Å². The summed E-state index contributed by atoms with van der Waals surface area (Å²) in [5.74, 6) is 5.00. The molecule has 0 saturated heterocycles. The predicted octanol–water partition coefficient (Wildman–Crippen LogP) is 1.98. The maximum absolute atomic E-state index is 5.00. The number of hydrogen-bond acceptors (Lipinski definition) is 3. The maximum atomic E-state index is 5.00. The first-order chi connectivity index (χ1) is 7.29. The van der Waals surface area contributed by atoms with Crippen LogP contribution in [0.1, 0.15) is 11.3 Å². The van der Waals surface area contributed by atoms with Gasteiger partial charge in [0.2, 0.25) is 0 Å². The third-order valence-corrected chi connectivity index (χ3v) is 2.43. The van der Waals surface area contributed by atoms with Crippen molar-refractivity contribution in [2.75, 3.05) is 6.61 Å². The van der Waals surface area contributed by atoms with Crippen molar-refractivity contribution >= 4 is 10.8 Å². The molecule has 1 aromatic carbocycles. The van der Waals surface area contributed by atoms with Crippen molar-refractivity contribution in [1.29, 1.82) is 0 Å². The second kappa shape index (κ2) is 4.38. The Kier molecular flexibility index (Phi) is 2.94. The number of benzene rings is 1. The first-order valence-corrected chi connectivity index (χ1v) is 4.96. The molecule has 78 valence electrons. The Balaban J connectivity index is 2.34.